The molecule has 206 valence electrons. The smallest absolute Gasteiger partial charge is 0.310 e. The molecule has 8 nitrogen and oxygen atoms in total. The molecular formula is C29H39N3O5S. The number of fused-ring (bicyclic) bond motifs is 1. The number of carbonyl (C=O) groups excluding carboxylic acids is 1. The Hall–Kier alpha value is -2.72. The van der Waals surface area contributed by atoms with Crippen molar-refractivity contribution in [2.75, 3.05) is 59.1 Å². The van der Waals surface area contributed by atoms with E-state index in [-0.39, 0.29) is 19.0 Å². The van der Waals surface area contributed by atoms with Gasteiger partial charge in [0, 0.05) is 38.8 Å². The largest absolute Gasteiger partial charge is 0.494 e. The lowest BCUT2D eigenvalue weighted by molar-refractivity contribution is -0.142. The van der Waals surface area contributed by atoms with Crippen molar-refractivity contribution in [1.82, 2.24) is 14.8 Å². The highest BCUT2D eigenvalue weighted by Gasteiger charge is 2.19. The van der Waals surface area contributed by atoms with Gasteiger partial charge in [0.05, 0.1) is 34.9 Å². The van der Waals surface area contributed by atoms with Crippen LogP contribution >= 0.6 is 11.3 Å². The Morgan fingerprint density at radius 3 is 2.53 bits per heavy atom. The summed E-state index contributed by atoms with van der Waals surface area (Å²) in [6.45, 7) is 10.8. The predicted molar refractivity (Wildman–Crippen MR) is 150 cm³/mol. The second kappa shape index (κ2) is 14.4. The van der Waals surface area contributed by atoms with Gasteiger partial charge in [-0.1, -0.05) is 12.1 Å². The Kier molecular flexibility index (Phi) is 10.7. The minimum Gasteiger partial charge on any atom is -0.494 e. The first-order valence-corrected chi connectivity index (χ1v) is 14.3. The highest BCUT2D eigenvalue weighted by Crippen LogP contribution is 2.25. The van der Waals surface area contributed by atoms with Crippen LogP contribution in [0.15, 0.2) is 42.5 Å². The van der Waals surface area contributed by atoms with Crippen molar-refractivity contribution in [2.45, 2.75) is 39.2 Å². The first kappa shape index (κ1) is 28.3. The molecule has 9 heteroatoms. The summed E-state index contributed by atoms with van der Waals surface area (Å²) in [6, 6.07) is 13.6. The summed E-state index contributed by atoms with van der Waals surface area (Å²) in [5.41, 5.74) is 1.88. The van der Waals surface area contributed by atoms with Gasteiger partial charge in [0.2, 0.25) is 0 Å². The molecule has 0 bridgehead atoms. The quantitative estimate of drug-likeness (QED) is 0.243. The molecule has 1 fully saturated rings. The van der Waals surface area contributed by atoms with Gasteiger partial charge in [0.25, 0.3) is 0 Å². The zero-order valence-electron chi connectivity index (χ0n) is 22.4. The van der Waals surface area contributed by atoms with Gasteiger partial charge in [-0.15, -0.1) is 11.3 Å². The van der Waals surface area contributed by atoms with Gasteiger partial charge in [-0.25, -0.2) is 4.98 Å². The minimum atomic E-state index is -0.522. The van der Waals surface area contributed by atoms with Crippen LogP contribution in [0.2, 0.25) is 0 Å². The van der Waals surface area contributed by atoms with E-state index in [1.807, 2.05) is 56.3 Å². The molecule has 1 aliphatic rings. The lowest BCUT2D eigenvalue weighted by Crippen LogP contribution is -2.49. The van der Waals surface area contributed by atoms with Crippen LogP contribution in [0.5, 0.6) is 11.5 Å². The molecule has 0 spiro atoms. The first-order chi connectivity index (χ1) is 18.5. The molecule has 0 radical (unpaired) electrons. The minimum absolute atomic E-state index is 0.205. The number of thiazole rings is 1. The monoisotopic (exact) mass is 541 g/mol. The SMILES string of the molecule is CCOC(=O)Cc1ccc(OCCCCN2CCN(CC(O)COc3ccc4sc(C)nc4c3)CC2)cc1. The summed E-state index contributed by atoms with van der Waals surface area (Å²) in [5.74, 6) is 1.37. The summed E-state index contributed by atoms with van der Waals surface area (Å²) in [4.78, 5) is 20.9. The standard InChI is InChI=1S/C29H39N3O5S/c1-3-35-29(34)18-23-6-8-25(9-7-23)36-17-5-4-12-31-13-15-32(16-14-31)20-24(33)21-37-26-10-11-28-27(19-26)30-22(2)38-28/h6-11,19,24,33H,3-5,12-18,20-21H2,1-2H3. The second-order valence-corrected chi connectivity index (χ2v) is 10.9. The maximum Gasteiger partial charge on any atom is 0.310 e. The number of piperazine rings is 1. The lowest BCUT2D eigenvalue weighted by atomic mass is 10.1. The molecule has 1 aliphatic heterocycles. The van der Waals surface area contributed by atoms with Crippen molar-refractivity contribution in [3.8, 4) is 11.5 Å². The molecule has 1 aromatic heterocycles. The summed E-state index contributed by atoms with van der Waals surface area (Å²) in [6.07, 6.45) is 1.84. The third-order valence-corrected chi connectivity index (χ3v) is 7.51. The third kappa shape index (κ3) is 8.94. The second-order valence-electron chi connectivity index (χ2n) is 9.65. The molecule has 0 amide bonds. The first-order valence-electron chi connectivity index (χ1n) is 13.5. The molecule has 3 aromatic rings. The van der Waals surface area contributed by atoms with E-state index in [0.29, 0.717) is 19.8 Å². The van der Waals surface area contributed by atoms with Crippen LogP contribution in [0.1, 0.15) is 30.3 Å². The van der Waals surface area contributed by atoms with E-state index in [1.165, 1.54) is 0 Å². The number of aryl methyl sites for hydroxylation is 1. The summed E-state index contributed by atoms with van der Waals surface area (Å²) in [7, 11) is 0. The Bertz CT molecular complexity index is 1140. The van der Waals surface area contributed by atoms with Crippen LogP contribution in [0, 0.1) is 6.92 Å². The highest BCUT2D eigenvalue weighted by molar-refractivity contribution is 7.18. The van der Waals surface area contributed by atoms with E-state index in [1.54, 1.807) is 11.3 Å². The Morgan fingerprint density at radius 2 is 1.76 bits per heavy atom. The number of ether oxygens (including phenoxy) is 3. The Morgan fingerprint density at radius 1 is 1.03 bits per heavy atom. The maximum absolute atomic E-state index is 11.6. The van der Waals surface area contributed by atoms with E-state index in [2.05, 4.69) is 14.8 Å². The number of hydrogen-bond acceptors (Lipinski definition) is 9. The molecule has 0 saturated carbocycles. The van der Waals surface area contributed by atoms with Crippen LogP contribution in [-0.4, -0.2) is 91.1 Å². The van der Waals surface area contributed by atoms with Crippen molar-refractivity contribution in [3.63, 3.8) is 0 Å². The van der Waals surface area contributed by atoms with Crippen LogP contribution in [0.25, 0.3) is 10.2 Å². The number of esters is 1. The number of β-amino-alcohol motifs (C(OH)–C–C–N with tert-alkyl or cyclic N) is 1. The summed E-state index contributed by atoms with van der Waals surface area (Å²) >= 11 is 1.67. The van der Waals surface area contributed by atoms with Gasteiger partial charge in [0.1, 0.15) is 24.2 Å². The molecule has 4 rings (SSSR count). The van der Waals surface area contributed by atoms with Crippen molar-refractivity contribution < 1.29 is 24.1 Å². The number of hydrogen-bond donors (Lipinski definition) is 1. The lowest BCUT2D eigenvalue weighted by Gasteiger charge is -2.35. The molecule has 0 aliphatic carbocycles. The molecule has 1 N–H and O–H groups in total. The van der Waals surface area contributed by atoms with Crippen LogP contribution in [0.4, 0.5) is 0 Å². The average Bonchev–Trinajstić information content (AvgIpc) is 3.28. The topological polar surface area (TPSA) is 84.4 Å². The number of carbonyl (C=O) groups is 1. The molecule has 2 heterocycles. The molecule has 1 saturated heterocycles. The van der Waals surface area contributed by atoms with Crippen molar-refractivity contribution in [3.05, 3.63) is 53.0 Å². The van der Waals surface area contributed by atoms with Gasteiger partial charge in [-0.2, -0.15) is 0 Å². The summed E-state index contributed by atoms with van der Waals surface area (Å²) in [5, 5.41) is 11.5. The number of rotatable bonds is 14. The number of aliphatic hydroxyl groups excluding tert-OH is 1. The average molecular weight is 542 g/mol. The van der Waals surface area contributed by atoms with Crippen LogP contribution < -0.4 is 9.47 Å². The zero-order chi connectivity index (χ0) is 26.7. The molecule has 1 unspecified atom stereocenters. The van der Waals surface area contributed by atoms with Gasteiger partial charge < -0.3 is 24.2 Å². The van der Waals surface area contributed by atoms with E-state index in [4.69, 9.17) is 14.2 Å². The number of nitrogens with zero attached hydrogens (tertiary/aromatic N) is 3. The van der Waals surface area contributed by atoms with E-state index < -0.39 is 6.10 Å². The Balaban J connectivity index is 1.05. The Labute approximate surface area is 229 Å². The van der Waals surface area contributed by atoms with Crippen LogP contribution in [0.3, 0.4) is 0 Å². The molecular weight excluding hydrogens is 502 g/mol. The number of benzene rings is 2. The normalized spacial score (nSPS) is 15.4. The fourth-order valence-corrected chi connectivity index (χ4v) is 5.37. The van der Waals surface area contributed by atoms with E-state index in [9.17, 15) is 9.90 Å². The van der Waals surface area contributed by atoms with Gasteiger partial charge in [-0.05, 0) is 63.1 Å². The predicted octanol–water partition coefficient (Wildman–Crippen LogP) is 3.93. The molecule has 2 aromatic carbocycles. The van der Waals surface area contributed by atoms with Gasteiger partial charge in [-0.3, -0.25) is 9.69 Å². The fourth-order valence-electron chi connectivity index (χ4n) is 4.56. The van der Waals surface area contributed by atoms with Gasteiger partial charge >= 0.3 is 5.97 Å². The van der Waals surface area contributed by atoms with Crippen LogP contribution in [-0.2, 0) is 16.0 Å². The van der Waals surface area contributed by atoms with E-state index in [0.717, 1.165) is 77.9 Å². The maximum atomic E-state index is 11.6. The number of aromatic nitrogens is 1. The highest BCUT2D eigenvalue weighted by atomic mass is 32.1. The van der Waals surface area contributed by atoms with Crippen molar-refractivity contribution >= 4 is 27.5 Å². The van der Waals surface area contributed by atoms with Crippen molar-refractivity contribution in [2.24, 2.45) is 0 Å². The number of aliphatic hydroxyl groups is 1. The third-order valence-electron chi connectivity index (χ3n) is 6.56. The van der Waals surface area contributed by atoms with Crippen molar-refractivity contribution in [1.29, 1.82) is 0 Å². The van der Waals surface area contributed by atoms with Gasteiger partial charge in [0.15, 0.2) is 0 Å². The summed E-state index contributed by atoms with van der Waals surface area (Å²) < 4.78 is 17.8. The zero-order valence-corrected chi connectivity index (χ0v) is 23.3. The number of unbranched alkanes of at least 4 members (excludes halogenated alkanes) is 1. The fraction of sp³-hybridized carbons (Fsp3) is 0.517. The molecule has 38 heavy (non-hydrogen) atoms. The molecule has 1 atom stereocenters. The van der Waals surface area contributed by atoms with E-state index >= 15 is 0 Å².